The van der Waals surface area contributed by atoms with Crippen LogP contribution in [0, 0.1) is 0 Å². The molecular weight excluding hydrogens is 318 g/mol. The van der Waals surface area contributed by atoms with Crippen LogP contribution in [-0.2, 0) is 12.8 Å². The molecule has 1 unspecified atom stereocenters. The number of likely N-dealkylation sites (N-methyl/N-ethyl adjacent to an activating group) is 1. The van der Waals surface area contributed by atoms with Crippen LogP contribution >= 0.6 is 0 Å². The Bertz CT molecular complexity index is 877. The van der Waals surface area contributed by atoms with E-state index >= 15 is 0 Å². The quantitative estimate of drug-likeness (QED) is 0.840. The standard InChI is InChI=1S/C20H21NO4/c1-21-7-6-11-8-16-20(25-10-24-16)19-17(11)13(21)9-12-14(22-2)4-5-15(23-3)18(12)19/h4-5,8,13H,6-7,9-10H2,1-3H3. The molecule has 1 atom stereocenters. The van der Waals surface area contributed by atoms with Crippen LogP contribution in [0.5, 0.6) is 23.0 Å². The van der Waals surface area contributed by atoms with Gasteiger partial charge in [0.25, 0.3) is 0 Å². The molecule has 0 N–H and O–H groups in total. The summed E-state index contributed by atoms with van der Waals surface area (Å²) in [4.78, 5) is 2.43. The Hall–Kier alpha value is -2.40. The van der Waals surface area contributed by atoms with E-state index in [0.29, 0.717) is 6.04 Å². The zero-order valence-corrected chi connectivity index (χ0v) is 14.7. The maximum Gasteiger partial charge on any atom is 0.231 e. The average molecular weight is 339 g/mol. The molecule has 130 valence electrons. The van der Waals surface area contributed by atoms with Crippen molar-refractivity contribution in [1.82, 2.24) is 4.90 Å². The minimum Gasteiger partial charge on any atom is -0.496 e. The first-order chi connectivity index (χ1) is 12.2. The Kier molecular flexibility index (Phi) is 3.16. The molecule has 2 aromatic rings. The molecule has 5 nitrogen and oxygen atoms in total. The van der Waals surface area contributed by atoms with Crippen LogP contribution in [0.3, 0.4) is 0 Å². The Balaban J connectivity index is 1.90. The van der Waals surface area contributed by atoms with Crippen molar-refractivity contribution < 1.29 is 18.9 Å². The molecule has 0 saturated heterocycles. The summed E-state index contributed by atoms with van der Waals surface area (Å²) in [6.07, 6.45) is 1.93. The van der Waals surface area contributed by atoms with Crippen LogP contribution in [0.15, 0.2) is 18.2 Å². The van der Waals surface area contributed by atoms with Crippen molar-refractivity contribution in [3.8, 4) is 34.1 Å². The minimum absolute atomic E-state index is 0.271. The fraction of sp³-hybridized carbons (Fsp3) is 0.400. The van der Waals surface area contributed by atoms with Crippen molar-refractivity contribution >= 4 is 0 Å². The number of hydrogen-bond acceptors (Lipinski definition) is 5. The monoisotopic (exact) mass is 339 g/mol. The van der Waals surface area contributed by atoms with Gasteiger partial charge in [0.2, 0.25) is 6.79 Å². The fourth-order valence-electron chi connectivity index (χ4n) is 4.52. The summed E-state index contributed by atoms with van der Waals surface area (Å²) in [5.74, 6) is 3.44. The van der Waals surface area contributed by atoms with Crippen molar-refractivity contribution in [2.24, 2.45) is 0 Å². The van der Waals surface area contributed by atoms with Gasteiger partial charge in [-0.05, 0) is 49.2 Å². The Morgan fingerprint density at radius 1 is 1.08 bits per heavy atom. The van der Waals surface area contributed by atoms with Crippen LogP contribution < -0.4 is 18.9 Å². The van der Waals surface area contributed by atoms with Crippen molar-refractivity contribution in [3.05, 3.63) is 34.9 Å². The van der Waals surface area contributed by atoms with Gasteiger partial charge in [-0.1, -0.05) is 0 Å². The number of ether oxygens (including phenoxy) is 4. The van der Waals surface area contributed by atoms with E-state index in [1.807, 2.05) is 12.1 Å². The van der Waals surface area contributed by atoms with E-state index < -0.39 is 0 Å². The summed E-state index contributed by atoms with van der Waals surface area (Å²) in [6.45, 7) is 1.31. The third kappa shape index (κ3) is 1.93. The molecule has 25 heavy (non-hydrogen) atoms. The Morgan fingerprint density at radius 2 is 1.88 bits per heavy atom. The molecule has 0 fully saturated rings. The number of methoxy groups -OCH3 is 2. The van der Waals surface area contributed by atoms with Crippen molar-refractivity contribution in [2.75, 3.05) is 34.6 Å². The molecule has 0 spiro atoms. The average Bonchev–Trinajstić information content (AvgIpc) is 3.11. The number of nitrogens with zero attached hydrogens (tertiary/aromatic N) is 1. The van der Waals surface area contributed by atoms with E-state index in [9.17, 15) is 0 Å². The summed E-state index contributed by atoms with van der Waals surface area (Å²) >= 11 is 0. The molecule has 0 saturated carbocycles. The van der Waals surface area contributed by atoms with Crippen molar-refractivity contribution in [2.45, 2.75) is 18.9 Å². The first-order valence-electron chi connectivity index (χ1n) is 8.62. The number of fused-ring (bicyclic) bond motifs is 4. The van der Waals surface area contributed by atoms with Crippen LogP contribution in [0.2, 0.25) is 0 Å². The molecule has 5 rings (SSSR count). The SMILES string of the molecule is COc1ccc(OC)c2c1CC1c3c(cc4c(c3-2)OCO4)CCN1C. The van der Waals surface area contributed by atoms with E-state index in [0.717, 1.165) is 53.5 Å². The lowest BCUT2D eigenvalue weighted by Gasteiger charge is -2.40. The first-order valence-corrected chi connectivity index (χ1v) is 8.62. The summed E-state index contributed by atoms with van der Waals surface area (Å²) in [5.41, 5.74) is 6.11. The number of rotatable bonds is 2. The topological polar surface area (TPSA) is 40.2 Å². The zero-order chi connectivity index (χ0) is 17.1. The van der Waals surface area contributed by atoms with E-state index in [4.69, 9.17) is 18.9 Å². The molecule has 5 heteroatoms. The highest BCUT2D eigenvalue weighted by Crippen LogP contribution is 2.57. The highest BCUT2D eigenvalue weighted by Gasteiger charge is 2.40. The largest absolute Gasteiger partial charge is 0.496 e. The van der Waals surface area contributed by atoms with Gasteiger partial charge in [-0.25, -0.2) is 0 Å². The fourth-order valence-corrected chi connectivity index (χ4v) is 4.52. The zero-order valence-electron chi connectivity index (χ0n) is 14.7. The van der Waals surface area contributed by atoms with Gasteiger partial charge < -0.3 is 18.9 Å². The normalized spacial score (nSPS) is 20.0. The van der Waals surface area contributed by atoms with Gasteiger partial charge >= 0.3 is 0 Å². The van der Waals surface area contributed by atoms with E-state index in [1.165, 1.54) is 16.7 Å². The second-order valence-corrected chi connectivity index (χ2v) is 6.83. The third-order valence-electron chi connectivity index (χ3n) is 5.71. The highest BCUT2D eigenvalue weighted by molar-refractivity contribution is 5.88. The predicted octanol–water partition coefficient (Wildman–Crippen LogP) is 3.18. The number of hydrogen-bond donors (Lipinski definition) is 0. The second kappa shape index (κ2) is 5.30. The molecule has 0 bridgehead atoms. The summed E-state index contributed by atoms with van der Waals surface area (Å²) in [6, 6.07) is 6.46. The second-order valence-electron chi connectivity index (χ2n) is 6.83. The first kappa shape index (κ1) is 14.9. The molecule has 0 aromatic heterocycles. The van der Waals surface area contributed by atoms with Gasteiger partial charge in [0, 0.05) is 29.3 Å². The predicted molar refractivity (Wildman–Crippen MR) is 93.9 cm³/mol. The van der Waals surface area contributed by atoms with Crippen LogP contribution in [0.1, 0.15) is 22.7 Å². The lowest BCUT2D eigenvalue weighted by molar-refractivity contribution is 0.174. The lowest BCUT2D eigenvalue weighted by atomic mass is 9.76. The summed E-state index contributed by atoms with van der Waals surface area (Å²) in [7, 11) is 5.63. The summed E-state index contributed by atoms with van der Waals surface area (Å²) in [5, 5.41) is 0. The van der Waals surface area contributed by atoms with Gasteiger partial charge in [-0.2, -0.15) is 0 Å². The highest BCUT2D eigenvalue weighted by atomic mass is 16.7. The lowest BCUT2D eigenvalue weighted by Crippen LogP contribution is -2.35. The molecule has 3 aliphatic rings. The number of benzene rings is 2. The van der Waals surface area contributed by atoms with E-state index in [-0.39, 0.29) is 6.79 Å². The van der Waals surface area contributed by atoms with Crippen LogP contribution in [-0.4, -0.2) is 39.5 Å². The van der Waals surface area contributed by atoms with Gasteiger partial charge in [0.05, 0.1) is 14.2 Å². The van der Waals surface area contributed by atoms with Crippen molar-refractivity contribution in [1.29, 1.82) is 0 Å². The van der Waals surface area contributed by atoms with Crippen LogP contribution in [0.4, 0.5) is 0 Å². The Morgan fingerprint density at radius 3 is 2.68 bits per heavy atom. The van der Waals surface area contributed by atoms with Gasteiger partial charge in [0.15, 0.2) is 11.5 Å². The van der Waals surface area contributed by atoms with Crippen LogP contribution in [0.25, 0.3) is 11.1 Å². The Labute approximate surface area is 147 Å². The van der Waals surface area contributed by atoms with Gasteiger partial charge in [-0.3, -0.25) is 4.90 Å². The maximum absolute atomic E-state index is 5.90. The summed E-state index contributed by atoms with van der Waals surface area (Å²) < 4.78 is 23.0. The van der Waals surface area contributed by atoms with E-state index in [2.05, 4.69) is 18.0 Å². The van der Waals surface area contributed by atoms with Crippen molar-refractivity contribution in [3.63, 3.8) is 0 Å². The molecular formula is C20H21NO4. The van der Waals surface area contributed by atoms with Gasteiger partial charge in [0.1, 0.15) is 11.5 Å². The smallest absolute Gasteiger partial charge is 0.231 e. The van der Waals surface area contributed by atoms with E-state index in [1.54, 1.807) is 14.2 Å². The molecule has 2 aliphatic heterocycles. The third-order valence-corrected chi connectivity index (χ3v) is 5.71. The molecule has 1 aliphatic carbocycles. The molecule has 2 aromatic carbocycles. The molecule has 2 heterocycles. The molecule has 0 radical (unpaired) electrons. The maximum atomic E-state index is 5.90. The minimum atomic E-state index is 0.271. The van der Waals surface area contributed by atoms with Gasteiger partial charge in [-0.15, -0.1) is 0 Å². The molecule has 0 amide bonds.